The topological polar surface area (TPSA) is 67.5 Å². The van der Waals surface area contributed by atoms with Gasteiger partial charge in [-0.3, -0.25) is 0 Å². The number of aryl methyl sites for hydroxylation is 1. The van der Waals surface area contributed by atoms with E-state index in [1.807, 2.05) is 0 Å². The molecule has 2 fully saturated rings. The minimum atomic E-state index is -2.77. The van der Waals surface area contributed by atoms with Crippen molar-refractivity contribution in [1.82, 2.24) is 9.78 Å². The normalized spacial score (nSPS) is 25.9. The first-order chi connectivity index (χ1) is 11.4. The predicted molar refractivity (Wildman–Crippen MR) is 85.4 cm³/mol. The molecule has 0 amide bonds. The van der Waals surface area contributed by atoms with Gasteiger partial charge in [0.25, 0.3) is 5.92 Å². The van der Waals surface area contributed by atoms with Gasteiger partial charge in [-0.15, -0.1) is 0 Å². The maximum Gasteiger partial charge on any atom is 0.489 e. The van der Waals surface area contributed by atoms with E-state index < -0.39 is 19.0 Å². The van der Waals surface area contributed by atoms with Crippen LogP contribution in [0.5, 0.6) is 0 Å². The fourth-order valence-electron chi connectivity index (χ4n) is 3.78. The molecule has 1 aliphatic heterocycles. The molecule has 1 saturated carbocycles. The number of benzene rings is 1. The molecule has 5 nitrogen and oxygen atoms in total. The summed E-state index contributed by atoms with van der Waals surface area (Å²) in [5, 5.41) is 24.5. The monoisotopic (exact) mass is 336 g/mol. The first-order valence-corrected chi connectivity index (χ1v) is 8.26. The van der Waals surface area contributed by atoms with Crippen LogP contribution in [0.25, 0.3) is 10.9 Å². The lowest BCUT2D eigenvalue weighted by Gasteiger charge is -2.24. The van der Waals surface area contributed by atoms with E-state index in [2.05, 4.69) is 5.10 Å². The van der Waals surface area contributed by atoms with Crippen molar-refractivity contribution in [2.24, 2.45) is 0 Å². The molecule has 2 N–H and O–H groups in total. The zero-order valence-electron chi connectivity index (χ0n) is 13.4. The summed E-state index contributed by atoms with van der Waals surface area (Å²) >= 11 is 0. The van der Waals surface area contributed by atoms with E-state index in [0.29, 0.717) is 28.6 Å². The van der Waals surface area contributed by atoms with Crippen LogP contribution in [0.15, 0.2) is 12.3 Å². The van der Waals surface area contributed by atoms with E-state index >= 15 is 0 Å². The largest absolute Gasteiger partial charge is 0.489 e. The molecule has 2 atom stereocenters. The van der Waals surface area contributed by atoms with Crippen molar-refractivity contribution >= 4 is 23.5 Å². The second kappa shape index (κ2) is 5.51. The number of halogens is 2. The van der Waals surface area contributed by atoms with Crippen LogP contribution in [0.2, 0.25) is 0 Å². The third-order valence-electron chi connectivity index (χ3n) is 5.05. The molecule has 2 heterocycles. The highest BCUT2D eigenvalue weighted by Crippen LogP contribution is 2.56. The predicted octanol–water partition coefficient (Wildman–Crippen LogP) is 1.85. The van der Waals surface area contributed by atoms with Crippen LogP contribution in [0.1, 0.15) is 49.0 Å². The van der Waals surface area contributed by atoms with Gasteiger partial charge in [0.15, 0.2) is 6.23 Å². The van der Waals surface area contributed by atoms with E-state index in [9.17, 15) is 18.8 Å². The first-order valence-electron chi connectivity index (χ1n) is 8.26. The molecule has 2 aliphatic rings. The average Bonchev–Trinajstić information content (AvgIpc) is 2.98. The van der Waals surface area contributed by atoms with Crippen LogP contribution in [0.3, 0.4) is 0 Å². The third kappa shape index (κ3) is 2.44. The Bertz CT molecular complexity index is 787. The summed E-state index contributed by atoms with van der Waals surface area (Å²) in [7, 11) is -1.82. The fraction of sp³-hybridized carbons (Fsp3) is 0.562. The fourth-order valence-corrected chi connectivity index (χ4v) is 3.78. The van der Waals surface area contributed by atoms with Gasteiger partial charge < -0.3 is 14.8 Å². The van der Waals surface area contributed by atoms with Crippen molar-refractivity contribution in [2.75, 3.05) is 6.61 Å². The molecule has 24 heavy (non-hydrogen) atoms. The molecule has 8 heteroatoms. The minimum absolute atomic E-state index is 0.147. The molecule has 0 spiro atoms. The second-order valence-corrected chi connectivity index (χ2v) is 6.76. The smallest absolute Gasteiger partial charge is 0.423 e. The molecule has 0 radical (unpaired) electrons. The van der Waals surface area contributed by atoms with E-state index in [1.165, 1.54) is 6.20 Å². The summed E-state index contributed by atoms with van der Waals surface area (Å²) in [6.07, 6.45) is 3.94. The number of ether oxygens (including phenoxy) is 1. The van der Waals surface area contributed by atoms with Gasteiger partial charge >= 0.3 is 7.12 Å². The molecule has 1 aromatic heterocycles. The van der Waals surface area contributed by atoms with Gasteiger partial charge in [0, 0.05) is 18.4 Å². The number of rotatable bonds is 3. The van der Waals surface area contributed by atoms with E-state index in [1.54, 1.807) is 17.7 Å². The van der Waals surface area contributed by atoms with Crippen LogP contribution >= 0.6 is 0 Å². The number of nitrogens with zero attached hydrogens (tertiary/aromatic N) is 2. The molecular formula is C16H19BF2N2O3. The quantitative estimate of drug-likeness (QED) is 0.840. The van der Waals surface area contributed by atoms with E-state index in [4.69, 9.17) is 4.74 Å². The zero-order valence-corrected chi connectivity index (χ0v) is 13.4. The summed E-state index contributed by atoms with van der Waals surface area (Å²) in [5.41, 5.74) is 1.81. The summed E-state index contributed by atoms with van der Waals surface area (Å²) in [6, 6.07) is 1.80. The molecule has 4 rings (SSSR count). The zero-order chi connectivity index (χ0) is 17.1. The van der Waals surface area contributed by atoms with Crippen molar-refractivity contribution in [3.8, 4) is 0 Å². The number of alkyl halides is 2. The van der Waals surface area contributed by atoms with Gasteiger partial charge in [-0.1, -0.05) is 0 Å². The van der Waals surface area contributed by atoms with E-state index in [0.717, 1.165) is 19.3 Å². The van der Waals surface area contributed by atoms with Crippen molar-refractivity contribution in [1.29, 1.82) is 0 Å². The van der Waals surface area contributed by atoms with Crippen molar-refractivity contribution in [3.63, 3.8) is 0 Å². The van der Waals surface area contributed by atoms with Crippen LogP contribution in [-0.2, 0) is 4.74 Å². The Kier molecular flexibility index (Phi) is 3.67. The molecule has 1 aliphatic carbocycles. The van der Waals surface area contributed by atoms with Crippen LogP contribution in [0, 0.1) is 6.92 Å². The highest BCUT2D eigenvalue weighted by atomic mass is 19.3. The highest BCUT2D eigenvalue weighted by Gasteiger charge is 2.59. The molecule has 1 aromatic carbocycles. The Balaban J connectivity index is 1.87. The van der Waals surface area contributed by atoms with Gasteiger partial charge in [0.05, 0.1) is 17.6 Å². The molecule has 128 valence electrons. The summed E-state index contributed by atoms with van der Waals surface area (Å²) in [6.45, 7) is 2.39. The summed E-state index contributed by atoms with van der Waals surface area (Å²) in [4.78, 5) is 0. The molecule has 0 bridgehead atoms. The average molecular weight is 336 g/mol. The molecular weight excluding hydrogens is 317 g/mol. The Morgan fingerprint density at radius 3 is 2.71 bits per heavy atom. The maximum absolute atomic E-state index is 13.6. The third-order valence-corrected chi connectivity index (χ3v) is 5.05. The van der Waals surface area contributed by atoms with Gasteiger partial charge in [-0.25, -0.2) is 13.5 Å². The second-order valence-electron chi connectivity index (χ2n) is 6.76. The first kappa shape index (κ1) is 16.0. The number of hydrogen-bond acceptors (Lipinski definition) is 4. The SMILES string of the molecule is Cc1cc2c(cnn2C2CCCCO2)c(B(O)O)c1C1CC1(F)F. The number of fused-ring (bicyclic) bond motifs is 1. The lowest BCUT2D eigenvalue weighted by molar-refractivity contribution is -0.0366. The Hall–Kier alpha value is -1.51. The van der Waals surface area contributed by atoms with Crippen molar-refractivity contribution in [3.05, 3.63) is 23.4 Å². The van der Waals surface area contributed by atoms with Gasteiger partial charge in [-0.05, 0) is 48.8 Å². The standard InChI is InChI=1S/C16H19BF2N2O3/c1-9-6-12-10(8-20-21(12)13-4-2-3-5-24-13)15(17(22)23)14(9)11-7-16(11,18)19/h6,8,11,13,22-23H,2-5,7H2,1H3. The van der Waals surface area contributed by atoms with Gasteiger partial charge in [-0.2, -0.15) is 5.10 Å². The van der Waals surface area contributed by atoms with Gasteiger partial charge in [0.2, 0.25) is 0 Å². The van der Waals surface area contributed by atoms with Crippen molar-refractivity contribution < 1.29 is 23.6 Å². The number of aromatic nitrogens is 2. The molecule has 2 aromatic rings. The van der Waals surface area contributed by atoms with Crippen molar-refractivity contribution in [2.45, 2.75) is 50.7 Å². The maximum atomic E-state index is 13.6. The highest BCUT2D eigenvalue weighted by molar-refractivity contribution is 6.62. The van der Waals surface area contributed by atoms with E-state index in [-0.39, 0.29) is 18.1 Å². The Labute approximate surface area is 138 Å². The summed E-state index contributed by atoms with van der Waals surface area (Å²) < 4.78 is 34.7. The number of hydrogen-bond donors (Lipinski definition) is 2. The Morgan fingerprint density at radius 2 is 2.12 bits per heavy atom. The minimum Gasteiger partial charge on any atom is -0.423 e. The van der Waals surface area contributed by atoms with Crippen LogP contribution < -0.4 is 5.46 Å². The van der Waals surface area contributed by atoms with Crippen LogP contribution in [-0.4, -0.2) is 39.5 Å². The molecule has 1 saturated heterocycles. The lowest BCUT2D eigenvalue weighted by Crippen LogP contribution is -2.35. The molecule has 2 unspecified atom stereocenters. The summed E-state index contributed by atoms with van der Waals surface area (Å²) in [5.74, 6) is -3.72. The van der Waals surface area contributed by atoms with Gasteiger partial charge in [0.1, 0.15) is 0 Å². The lowest BCUT2D eigenvalue weighted by atomic mass is 9.72. The Morgan fingerprint density at radius 1 is 1.38 bits per heavy atom. The van der Waals surface area contributed by atoms with Crippen LogP contribution in [0.4, 0.5) is 8.78 Å².